The monoisotopic (exact) mass is 326 g/mol. The highest BCUT2D eigenvalue weighted by atomic mass is 16.5. The van der Waals surface area contributed by atoms with Crippen LogP contribution in [0.1, 0.15) is 51.7 Å². The van der Waals surface area contributed by atoms with Crippen LogP contribution in [-0.4, -0.2) is 5.11 Å². The zero-order valence-corrected chi connectivity index (χ0v) is 15.4. The fraction of sp³-hybridized carbons (Fsp3) is 0.455. The van der Waals surface area contributed by atoms with Crippen molar-refractivity contribution in [3.8, 4) is 17.2 Å². The number of rotatable bonds is 8. The van der Waals surface area contributed by atoms with Gasteiger partial charge >= 0.3 is 0 Å². The van der Waals surface area contributed by atoms with Crippen molar-refractivity contribution in [1.82, 2.24) is 0 Å². The van der Waals surface area contributed by atoms with Crippen LogP contribution < -0.4 is 4.74 Å². The van der Waals surface area contributed by atoms with Crippen LogP contribution in [0.4, 0.5) is 0 Å². The molecular weight excluding hydrogens is 296 g/mol. The van der Waals surface area contributed by atoms with Crippen LogP contribution >= 0.6 is 0 Å². The molecule has 130 valence electrons. The molecule has 0 saturated heterocycles. The molecule has 1 N–H and O–H groups in total. The van der Waals surface area contributed by atoms with Gasteiger partial charge in [0.2, 0.25) is 0 Å². The number of ether oxygens (including phenoxy) is 1. The maximum Gasteiger partial charge on any atom is 0.130 e. The molecule has 2 rings (SSSR count). The van der Waals surface area contributed by atoms with E-state index < -0.39 is 0 Å². The summed E-state index contributed by atoms with van der Waals surface area (Å²) in [5.41, 5.74) is 2.32. The zero-order chi connectivity index (χ0) is 17.5. The molecule has 0 amide bonds. The number of aromatic hydroxyl groups is 1. The van der Waals surface area contributed by atoms with Gasteiger partial charge in [-0.2, -0.15) is 0 Å². The highest BCUT2D eigenvalue weighted by Crippen LogP contribution is 2.32. The Morgan fingerprint density at radius 2 is 1.38 bits per heavy atom. The molecule has 0 unspecified atom stereocenters. The molecule has 2 aromatic carbocycles. The lowest BCUT2D eigenvalue weighted by Gasteiger charge is -2.16. The molecule has 0 aliphatic carbocycles. The Kier molecular flexibility index (Phi) is 6.72. The van der Waals surface area contributed by atoms with E-state index in [9.17, 15) is 5.11 Å². The van der Waals surface area contributed by atoms with Crippen LogP contribution in [0, 0.1) is 11.8 Å². The Morgan fingerprint density at radius 3 is 2.04 bits per heavy atom. The largest absolute Gasteiger partial charge is 0.508 e. The van der Waals surface area contributed by atoms with Gasteiger partial charge in [-0.3, -0.25) is 0 Å². The molecule has 0 radical (unpaired) electrons. The summed E-state index contributed by atoms with van der Waals surface area (Å²) in [6, 6.07) is 13.7. The minimum absolute atomic E-state index is 0.300. The first-order chi connectivity index (χ1) is 11.5. The van der Waals surface area contributed by atoms with Crippen molar-refractivity contribution in [1.29, 1.82) is 0 Å². The molecule has 0 atom stereocenters. The van der Waals surface area contributed by atoms with Gasteiger partial charge in [-0.25, -0.2) is 0 Å². The molecule has 0 heterocycles. The third-order valence-electron chi connectivity index (χ3n) is 4.22. The van der Waals surface area contributed by atoms with E-state index in [2.05, 4.69) is 39.8 Å². The zero-order valence-electron chi connectivity index (χ0n) is 15.4. The first-order valence-corrected chi connectivity index (χ1v) is 9.03. The lowest BCUT2D eigenvalue weighted by Crippen LogP contribution is -1.99. The van der Waals surface area contributed by atoms with Gasteiger partial charge in [0.05, 0.1) is 0 Å². The fourth-order valence-corrected chi connectivity index (χ4v) is 2.68. The molecule has 24 heavy (non-hydrogen) atoms. The van der Waals surface area contributed by atoms with Gasteiger partial charge in [0, 0.05) is 0 Å². The van der Waals surface area contributed by atoms with Crippen LogP contribution in [0.25, 0.3) is 0 Å². The summed E-state index contributed by atoms with van der Waals surface area (Å²) in [6.07, 6.45) is 4.16. The molecule has 2 aromatic rings. The maximum atomic E-state index is 9.81. The lowest BCUT2D eigenvalue weighted by atomic mass is 10.0. The van der Waals surface area contributed by atoms with Gasteiger partial charge in [0.1, 0.15) is 17.2 Å². The van der Waals surface area contributed by atoms with E-state index in [-0.39, 0.29) is 0 Å². The van der Waals surface area contributed by atoms with Gasteiger partial charge in [0.15, 0.2) is 0 Å². The minimum atomic E-state index is 0.300. The molecular formula is C22H30O2. The van der Waals surface area contributed by atoms with Crippen molar-refractivity contribution in [2.45, 2.75) is 53.4 Å². The molecule has 0 aromatic heterocycles. The summed E-state index contributed by atoms with van der Waals surface area (Å²) in [6.45, 7) is 8.91. The molecule has 2 nitrogen and oxygen atoms in total. The number of hydrogen-bond acceptors (Lipinski definition) is 2. The Bertz CT molecular complexity index is 644. The van der Waals surface area contributed by atoms with Gasteiger partial charge in [-0.1, -0.05) is 45.9 Å². The summed E-state index contributed by atoms with van der Waals surface area (Å²) in [4.78, 5) is 0. The molecule has 0 saturated carbocycles. The second-order valence-electron chi connectivity index (χ2n) is 7.37. The Balaban J connectivity index is 2.21. The van der Waals surface area contributed by atoms with Crippen molar-refractivity contribution in [3.05, 3.63) is 53.6 Å². The molecule has 2 heteroatoms. The Labute approximate surface area is 146 Å². The Hall–Kier alpha value is -1.96. The SMILES string of the molecule is CC(C)CCc1ccccc1Oc1ccc(O)cc1CCC(C)C. The second-order valence-corrected chi connectivity index (χ2v) is 7.37. The van der Waals surface area contributed by atoms with Gasteiger partial charge < -0.3 is 9.84 Å². The van der Waals surface area contributed by atoms with Crippen LogP contribution in [-0.2, 0) is 12.8 Å². The van der Waals surface area contributed by atoms with Crippen LogP contribution in [0.15, 0.2) is 42.5 Å². The van der Waals surface area contributed by atoms with E-state index in [1.165, 1.54) is 5.56 Å². The second kappa shape index (κ2) is 8.77. The highest BCUT2D eigenvalue weighted by Gasteiger charge is 2.10. The van der Waals surface area contributed by atoms with Crippen molar-refractivity contribution >= 4 is 0 Å². The molecule has 0 aliphatic rings. The van der Waals surface area contributed by atoms with Gasteiger partial charge in [-0.05, 0) is 72.9 Å². The van der Waals surface area contributed by atoms with Crippen molar-refractivity contribution in [2.24, 2.45) is 11.8 Å². The molecule has 0 fully saturated rings. The molecule has 0 aliphatic heterocycles. The quantitative estimate of drug-likeness (QED) is 0.611. The van der Waals surface area contributed by atoms with Crippen LogP contribution in [0.2, 0.25) is 0 Å². The predicted octanol–water partition coefficient (Wildman–Crippen LogP) is 6.36. The fourth-order valence-electron chi connectivity index (χ4n) is 2.68. The maximum absolute atomic E-state index is 9.81. The van der Waals surface area contributed by atoms with E-state index in [0.717, 1.165) is 42.7 Å². The van der Waals surface area contributed by atoms with E-state index in [1.807, 2.05) is 24.3 Å². The van der Waals surface area contributed by atoms with E-state index in [4.69, 9.17) is 4.74 Å². The highest BCUT2D eigenvalue weighted by molar-refractivity contribution is 5.44. The normalized spacial score (nSPS) is 11.2. The molecule has 0 bridgehead atoms. The van der Waals surface area contributed by atoms with Crippen molar-refractivity contribution < 1.29 is 9.84 Å². The van der Waals surface area contributed by atoms with Gasteiger partial charge in [-0.15, -0.1) is 0 Å². The average molecular weight is 326 g/mol. The summed E-state index contributed by atoms with van der Waals surface area (Å²) < 4.78 is 6.25. The topological polar surface area (TPSA) is 29.5 Å². The lowest BCUT2D eigenvalue weighted by molar-refractivity contribution is 0.451. The summed E-state index contributed by atoms with van der Waals surface area (Å²) in [7, 11) is 0. The molecule has 0 spiro atoms. The van der Waals surface area contributed by atoms with Crippen LogP contribution in [0.5, 0.6) is 17.2 Å². The number of aryl methyl sites for hydroxylation is 2. The minimum Gasteiger partial charge on any atom is -0.508 e. The first-order valence-electron chi connectivity index (χ1n) is 9.03. The number of phenolic OH excluding ortho intramolecular Hbond substituents is 1. The average Bonchev–Trinajstić information content (AvgIpc) is 2.54. The van der Waals surface area contributed by atoms with E-state index in [0.29, 0.717) is 17.6 Å². The summed E-state index contributed by atoms with van der Waals surface area (Å²) in [5, 5.41) is 9.81. The third-order valence-corrected chi connectivity index (χ3v) is 4.22. The third kappa shape index (κ3) is 5.59. The number of hydrogen-bond donors (Lipinski definition) is 1. The summed E-state index contributed by atoms with van der Waals surface area (Å²) in [5.74, 6) is 3.38. The van der Waals surface area contributed by atoms with Crippen molar-refractivity contribution in [2.75, 3.05) is 0 Å². The smallest absolute Gasteiger partial charge is 0.130 e. The standard InChI is InChI=1S/C22H30O2/c1-16(2)9-11-18-7-5-6-8-21(18)24-22-14-13-20(23)15-19(22)12-10-17(3)4/h5-8,13-17,23H,9-12H2,1-4H3. The first kappa shape index (κ1) is 18.4. The number of benzene rings is 2. The van der Waals surface area contributed by atoms with E-state index in [1.54, 1.807) is 6.07 Å². The predicted molar refractivity (Wildman–Crippen MR) is 101 cm³/mol. The van der Waals surface area contributed by atoms with Crippen molar-refractivity contribution in [3.63, 3.8) is 0 Å². The summed E-state index contributed by atoms with van der Waals surface area (Å²) >= 11 is 0. The van der Waals surface area contributed by atoms with Crippen LogP contribution in [0.3, 0.4) is 0 Å². The number of phenols is 1. The van der Waals surface area contributed by atoms with Gasteiger partial charge in [0.25, 0.3) is 0 Å². The number of para-hydroxylation sites is 1. The van der Waals surface area contributed by atoms with E-state index >= 15 is 0 Å². The Morgan fingerprint density at radius 1 is 0.792 bits per heavy atom.